The monoisotopic (exact) mass is 482 g/mol. The van der Waals surface area contributed by atoms with E-state index in [1.165, 1.54) is 6.33 Å². The molecule has 1 saturated heterocycles. The van der Waals surface area contributed by atoms with E-state index in [0.29, 0.717) is 62.0 Å². The predicted octanol–water partition coefficient (Wildman–Crippen LogP) is 1.91. The number of piperazine rings is 1. The fourth-order valence-electron chi connectivity index (χ4n) is 4.28. The van der Waals surface area contributed by atoms with E-state index in [-0.39, 0.29) is 18.3 Å². The first-order valence-electron chi connectivity index (χ1n) is 11.6. The second kappa shape index (κ2) is 10.6. The topological polar surface area (TPSA) is 111 Å². The van der Waals surface area contributed by atoms with Gasteiger partial charge in [0.2, 0.25) is 0 Å². The lowest BCUT2D eigenvalue weighted by Crippen LogP contribution is -2.49. The lowest BCUT2D eigenvalue weighted by molar-refractivity contribution is -0.143. The highest BCUT2D eigenvalue weighted by Gasteiger charge is 2.27. The molecule has 0 saturated carbocycles. The highest BCUT2D eigenvalue weighted by molar-refractivity contribution is 5.95. The van der Waals surface area contributed by atoms with E-state index in [9.17, 15) is 9.59 Å². The first kappa shape index (κ1) is 24.2. The molecule has 1 aliphatic heterocycles. The second-order valence-electron chi connectivity index (χ2n) is 8.16. The molecule has 35 heavy (non-hydrogen) atoms. The number of amides is 1. The van der Waals surface area contributed by atoms with Crippen LogP contribution in [0.1, 0.15) is 35.0 Å². The molecule has 0 unspecified atom stereocenters. The van der Waals surface area contributed by atoms with Gasteiger partial charge in [0.15, 0.2) is 0 Å². The molecule has 186 valence electrons. The molecule has 0 spiro atoms. The molecule has 3 aromatic rings. The van der Waals surface area contributed by atoms with Crippen molar-refractivity contribution in [1.82, 2.24) is 24.5 Å². The second-order valence-corrected chi connectivity index (χ2v) is 8.16. The van der Waals surface area contributed by atoms with Gasteiger partial charge in [0.05, 0.1) is 20.8 Å². The van der Waals surface area contributed by atoms with Crippen LogP contribution in [0.15, 0.2) is 24.5 Å². The number of benzene rings is 1. The fraction of sp³-hybridized carbons (Fsp3) is 0.458. The molecular weight excluding hydrogens is 452 g/mol. The summed E-state index contributed by atoms with van der Waals surface area (Å²) in [6.45, 7) is 6.28. The van der Waals surface area contributed by atoms with E-state index in [1.807, 2.05) is 11.8 Å². The maximum absolute atomic E-state index is 13.2. The minimum absolute atomic E-state index is 0.0822. The molecule has 0 atom stereocenters. The Balaban J connectivity index is 1.55. The van der Waals surface area contributed by atoms with Gasteiger partial charge in [0.1, 0.15) is 23.6 Å². The average molecular weight is 483 g/mol. The molecule has 1 amide bonds. The number of anilines is 1. The third-order valence-electron chi connectivity index (χ3n) is 6.05. The van der Waals surface area contributed by atoms with Gasteiger partial charge in [-0.3, -0.25) is 9.59 Å². The molecule has 0 bridgehead atoms. The van der Waals surface area contributed by atoms with Crippen LogP contribution >= 0.6 is 0 Å². The van der Waals surface area contributed by atoms with E-state index in [1.54, 1.807) is 43.9 Å². The molecule has 1 fully saturated rings. The summed E-state index contributed by atoms with van der Waals surface area (Å²) in [5.74, 6) is 2.16. The molecule has 1 aromatic carbocycles. The summed E-state index contributed by atoms with van der Waals surface area (Å²) in [5.41, 5.74) is 2.24. The zero-order valence-corrected chi connectivity index (χ0v) is 20.5. The number of ether oxygens (including phenoxy) is 3. The number of aryl methyl sites for hydroxylation is 1. The quantitative estimate of drug-likeness (QED) is 0.445. The van der Waals surface area contributed by atoms with Gasteiger partial charge < -0.3 is 24.0 Å². The third-order valence-corrected chi connectivity index (χ3v) is 6.05. The third kappa shape index (κ3) is 5.13. The first-order chi connectivity index (χ1) is 16.9. The van der Waals surface area contributed by atoms with Gasteiger partial charge in [0, 0.05) is 55.5 Å². The van der Waals surface area contributed by atoms with Gasteiger partial charge in [0.25, 0.3) is 11.7 Å². The normalized spacial score (nSPS) is 13.7. The van der Waals surface area contributed by atoms with Crippen LogP contribution in [0.4, 0.5) is 5.82 Å². The highest BCUT2D eigenvalue weighted by Crippen LogP contribution is 2.27. The van der Waals surface area contributed by atoms with Crippen LogP contribution in [0.25, 0.3) is 5.78 Å². The van der Waals surface area contributed by atoms with Crippen molar-refractivity contribution < 1.29 is 23.8 Å². The van der Waals surface area contributed by atoms with Crippen LogP contribution in [-0.2, 0) is 16.0 Å². The summed E-state index contributed by atoms with van der Waals surface area (Å²) in [5, 5.41) is 4.38. The molecule has 2 aromatic heterocycles. The van der Waals surface area contributed by atoms with Crippen LogP contribution in [0, 0.1) is 6.92 Å². The summed E-state index contributed by atoms with van der Waals surface area (Å²) >= 11 is 0. The number of nitrogens with zero attached hydrogens (tertiary/aromatic N) is 6. The van der Waals surface area contributed by atoms with Gasteiger partial charge in [-0.25, -0.2) is 4.98 Å². The summed E-state index contributed by atoms with van der Waals surface area (Å²) in [6.07, 6.45) is 2.20. The summed E-state index contributed by atoms with van der Waals surface area (Å²) < 4.78 is 17.4. The van der Waals surface area contributed by atoms with Crippen molar-refractivity contribution >= 4 is 23.5 Å². The summed E-state index contributed by atoms with van der Waals surface area (Å²) in [4.78, 5) is 38.0. The number of esters is 1. The molecule has 1 aliphatic rings. The maximum atomic E-state index is 13.2. The smallest absolute Gasteiger partial charge is 0.306 e. The average Bonchev–Trinajstić information content (AvgIpc) is 3.34. The van der Waals surface area contributed by atoms with Crippen LogP contribution in [0.5, 0.6) is 11.5 Å². The van der Waals surface area contributed by atoms with Crippen molar-refractivity contribution in [2.24, 2.45) is 0 Å². The number of aromatic nitrogens is 4. The van der Waals surface area contributed by atoms with Crippen LogP contribution < -0.4 is 14.4 Å². The van der Waals surface area contributed by atoms with Gasteiger partial charge in [-0.1, -0.05) is 0 Å². The van der Waals surface area contributed by atoms with Crippen LogP contribution in [-0.4, -0.2) is 83.4 Å². The predicted molar refractivity (Wildman–Crippen MR) is 128 cm³/mol. The van der Waals surface area contributed by atoms with Crippen molar-refractivity contribution in [1.29, 1.82) is 0 Å². The number of methoxy groups -OCH3 is 2. The van der Waals surface area contributed by atoms with E-state index in [0.717, 1.165) is 17.1 Å². The fourth-order valence-corrected chi connectivity index (χ4v) is 4.28. The number of hydrogen-bond donors (Lipinski definition) is 0. The van der Waals surface area contributed by atoms with Crippen molar-refractivity contribution in [3.63, 3.8) is 0 Å². The lowest BCUT2D eigenvalue weighted by atomic mass is 10.1. The van der Waals surface area contributed by atoms with Crippen molar-refractivity contribution in [2.45, 2.75) is 26.7 Å². The van der Waals surface area contributed by atoms with Gasteiger partial charge >= 0.3 is 5.97 Å². The summed E-state index contributed by atoms with van der Waals surface area (Å²) in [7, 11) is 3.12. The molecule has 11 heteroatoms. The maximum Gasteiger partial charge on any atom is 0.306 e. The Morgan fingerprint density at radius 1 is 1.03 bits per heavy atom. The van der Waals surface area contributed by atoms with Gasteiger partial charge in [-0.2, -0.15) is 14.6 Å². The van der Waals surface area contributed by atoms with Crippen molar-refractivity contribution in [3.05, 3.63) is 41.3 Å². The minimum atomic E-state index is -0.249. The molecule has 0 aliphatic carbocycles. The Morgan fingerprint density at radius 2 is 1.71 bits per heavy atom. The number of fused-ring (bicyclic) bond motifs is 1. The molecule has 4 rings (SSSR count). The van der Waals surface area contributed by atoms with E-state index in [4.69, 9.17) is 14.2 Å². The Bertz CT molecular complexity index is 1200. The Morgan fingerprint density at radius 3 is 2.34 bits per heavy atom. The van der Waals surface area contributed by atoms with Gasteiger partial charge in [-0.15, -0.1) is 0 Å². The zero-order chi connectivity index (χ0) is 24.9. The Labute approximate surface area is 203 Å². The molecular formula is C24H30N6O5. The lowest BCUT2D eigenvalue weighted by Gasteiger charge is -2.37. The van der Waals surface area contributed by atoms with Gasteiger partial charge in [-0.05, 0) is 32.4 Å². The van der Waals surface area contributed by atoms with E-state index < -0.39 is 0 Å². The largest absolute Gasteiger partial charge is 0.497 e. The van der Waals surface area contributed by atoms with Crippen molar-refractivity contribution in [2.75, 3.05) is 51.9 Å². The van der Waals surface area contributed by atoms with Crippen LogP contribution in [0.3, 0.4) is 0 Å². The first-order valence-corrected chi connectivity index (χ1v) is 11.6. The van der Waals surface area contributed by atoms with Crippen LogP contribution in [0.2, 0.25) is 0 Å². The van der Waals surface area contributed by atoms with E-state index >= 15 is 0 Å². The molecule has 3 heterocycles. The number of hydrogen-bond acceptors (Lipinski definition) is 9. The Hall–Kier alpha value is -3.89. The Kier molecular flexibility index (Phi) is 7.33. The standard InChI is InChI=1S/C24H30N6O5/c1-5-35-21(31)7-6-20-16(2)27-24-25-15-26-30(24)22(20)28-8-10-29(11-9-28)23(32)17-12-18(33-3)14-19(13-17)34-4/h12-15H,5-11H2,1-4H3. The number of rotatable bonds is 8. The zero-order valence-electron chi connectivity index (χ0n) is 20.5. The van der Waals surface area contributed by atoms with E-state index in [2.05, 4.69) is 20.0 Å². The summed E-state index contributed by atoms with van der Waals surface area (Å²) in [6, 6.07) is 5.17. The molecule has 11 nitrogen and oxygen atoms in total. The highest BCUT2D eigenvalue weighted by atomic mass is 16.5. The SMILES string of the molecule is CCOC(=O)CCc1c(C)nc2ncnn2c1N1CCN(C(=O)c2cc(OC)cc(OC)c2)CC1. The molecule has 0 radical (unpaired) electrons. The van der Waals surface area contributed by atoms with Crippen molar-refractivity contribution in [3.8, 4) is 11.5 Å². The number of carbonyl (C=O) groups excluding carboxylic acids is 2. The molecule has 0 N–H and O–H groups in total. The number of carbonyl (C=O) groups is 2. The minimum Gasteiger partial charge on any atom is -0.497 e.